The van der Waals surface area contributed by atoms with Crippen LogP contribution in [-0.2, 0) is 11.3 Å². The third kappa shape index (κ3) is 8.50. The van der Waals surface area contributed by atoms with E-state index in [1.807, 2.05) is 18.2 Å². The number of nitrogens with zero attached hydrogens (tertiary/aromatic N) is 2. The summed E-state index contributed by atoms with van der Waals surface area (Å²) in [6, 6.07) is 5.89. The monoisotopic (exact) mass is 432 g/mol. The standard InChI is InChI=1S/C17H28N4O.HI/c1-2-18-17(21-14-15-8-5-6-11-19-15)20-12-7-13-22-16-9-3-4-10-16;/h5-6,8,11,16H,2-4,7,9-10,12-14H2,1H3,(H2,18,20,21);1H. The van der Waals surface area contributed by atoms with E-state index in [0.717, 1.165) is 37.8 Å². The molecule has 1 fully saturated rings. The topological polar surface area (TPSA) is 58.5 Å². The van der Waals surface area contributed by atoms with Crippen LogP contribution in [0.4, 0.5) is 0 Å². The molecule has 1 aromatic heterocycles. The smallest absolute Gasteiger partial charge is 0.191 e. The molecule has 0 aromatic carbocycles. The predicted molar refractivity (Wildman–Crippen MR) is 105 cm³/mol. The number of hydrogen-bond acceptors (Lipinski definition) is 3. The lowest BCUT2D eigenvalue weighted by atomic mass is 10.3. The maximum atomic E-state index is 5.86. The highest BCUT2D eigenvalue weighted by Gasteiger charge is 2.14. The van der Waals surface area contributed by atoms with Crippen LogP contribution in [0.5, 0.6) is 0 Å². The molecule has 0 amide bonds. The summed E-state index contributed by atoms with van der Waals surface area (Å²) in [6.07, 6.45) is 8.44. The van der Waals surface area contributed by atoms with Crippen molar-refractivity contribution in [2.75, 3.05) is 19.7 Å². The van der Waals surface area contributed by atoms with Crippen molar-refractivity contribution in [3.8, 4) is 0 Å². The normalized spacial score (nSPS) is 15.3. The van der Waals surface area contributed by atoms with Crippen LogP contribution in [-0.4, -0.2) is 36.7 Å². The molecule has 0 radical (unpaired) electrons. The van der Waals surface area contributed by atoms with Crippen molar-refractivity contribution in [2.45, 2.75) is 51.7 Å². The molecule has 130 valence electrons. The van der Waals surface area contributed by atoms with Gasteiger partial charge in [-0.15, -0.1) is 24.0 Å². The second-order valence-electron chi connectivity index (χ2n) is 5.57. The Morgan fingerprint density at radius 3 is 2.83 bits per heavy atom. The van der Waals surface area contributed by atoms with Crippen LogP contribution in [0.15, 0.2) is 29.4 Å². The van der Waals surface area contributed by atoms with Crippen molar-refractivity contribution >= 4 is 29.9 Å². The van der Waals surface area contributed by atoms with E-state index >= 15 is 0 Å². The molecule has 0 atom stereocenters. The maximum absolute atomic E-state index is 5.86. The number of aliphatic imine (C=N–C) groups is 1. The summed E-state index contributed by atoms with van der Waals surface area (Å²) in [5.41, 5.74) is 0.976. The first-order valence-electron chi connectivity index (χ1n) is 8.42. The summed E-state index contributed by atoms with van der Waals surface area (Å²) in [5, 5.41) is 6.60. The van der Waals surface area contributed by atoms with Gasteiger partial charge in [-0.1, -0.05) is 18.9 Å². The molecule has 1 aliphatic rings. The molecule has 0 spiro atoms. The molecule has 0 bridgehead atoms. The summed E-state index contributed by atoms with van der Waals surface area (Å²) in [4.78, 5) is 8.83. The molecule has 2 N–H and O–H groups in total. The average Bonchev–Trinajstić information content (AvgIpc) is 3.06. The van der Waals surface area contributed by atoms with Crippen LogP contribution in [0.25, 0.3) is 0 Å². The molecule has 1 heterocycles. The van der Waals surface area contributed by atoms with E-state index < -0.39 is 0 Å². The Labute approximate surface area is 156 Å². The fourth-order valence-electron chi connectivity index (χ4n) is 2.58. The van der Waals surface area contributed by atoms with E-state index in [-0.39, 0.29) is 24.0 Å². The lowest BCUT2D eigenvalue weighted by molar-refractivity contribution is 0.0574. The van der Waals surface area contributed by atoms with Gasteiger partial charge in [0.05, 0.1) is 18.3 Å². The molecule has 0 saturated heterocycles. The molecule has 1 saturated carbocycles. The predicted octanol–water partition coefficient (Wildman–Crippen LogP) is 3.10. The summed E-state index contributed by atoms with van der Waals surface area (Å²) in [6.45, 7) is 5.22. The van der Waals surface area contributed by atoms with Gasteiger partial charge in [0.25, 0.3) is 0 Å². The van der Waals surface area contributed by atoms with Crippen LogP contribution < -0.4 is 10.6 Å². The van der Waals surface area contributed by atoms with Crippen LogP contribution >= 0.6 is 24.0 Å². The second kappa shape index (κ2) is 12.5. The Balaban J connectivity index is 0.00000264. The highest BCUT2D eigenvalue weighted by Crippen LogP contribution is 2.20. The number of aromatic nitrogens is 1. The largest absolute Gasteiger partial charge is 0.378 e. The molecule has 2 rings (SSSR count). The quantitative estimate of drug-likeness (QED) is 0.287. The van der Waals surface area contributed by atoms with Gasteiger partial charge in [-0.05, 0) is 38.3 Å². The van der Waals surface area contributed by atoms with E-state index in [2.05, 4.69) is 27.5 Å². The van der Waals surface area contributed by atoms with E-state index in [9.17, 15) is 0 Å². The van der Waals surface area contributed by atoms with Gasteiger partial charge in [0.15, 0.2) is 5.96 Å². The molecule has 5 nitrogen and oxygen atoms in total. The minimum atomic E-state index is 0. The molecule has 0 unspecified atom stereocenters. The van der Waals surface area contributed by atoms with Crippen LogP contribution in [0.2, 0.25) is 0 Å². The van der Waals surface area contributed by atoms with Gasteiger partial charge in [-0.3, -0.25) is 4.98 Å². The van der Waals surface area contributed by atoms with Gasteiger partial charge in [0.2, 0.25) is 0 Å². The van der Waals surface area contributed by atoms with E-state index in [1.54, 1.807) is 6.20 Å². The van der Waals surface area contributed by atoms with Crippen molar-refractivity contribution in [3.63, 3.8) is 0 Å². The van der Waals surface area contributed by atoms with E-state index in [1.165, 1.54) is 25.7 Å². The Kier molecular flexibility index (Phi) is 11.0. The van der Waals surface area contributed by atoms with Gasteiger partial charge in [0.1, 0.15) is 0 Å². The summed E-state index contributed by atoms with van der Waals surface area (Å²) in [7, 11) is 0. The molecular weight excluding hydrogens is 403 g/mol. The highest BCUT2D eigenvalue weighted by molar-refractivity contribution is 14.0. The molecule has 0 aliphatic heterocycles. The van der Waals surface area contributed by atoms with Gasteiger partial charge >= 0.3 is 0 Å². The molecule has 6 heteroatoms. The average molecular weight is 432 g/mol. The number of pyridine rings is 1. The fourth-order valence-corrected chi connectivity index (χ4v) is 2.58. The van der Waals surface area contributed by atoms with Crippen molar-refractivity contribution in [1.82, 2.24) is 15.6 Å². The first-order valence-corrected chi connectivity index (χ1v) is 8.42. The van der Waals surface area contributed by atoms with Gasteiger partial charge in [-0.25, -0.2) is 4.99 Å². The molecule has 23 heavy (non-hydrogen) atoms. The summed E-state index contributed by atoms with van der Waals surface area (Å²) < 4.78 is 5.86. The second-order valence-corrected chi connectivity index (χ2v) is 5.57. The van der Waals surface area contributed by atoms with Crippen molar-refractivity contribution in [2.24, 2.45) is 4.99 Å². The Bertz CT molecular complexity index is 435. The fraction of sp³-hybridized carbons (Fsp3) is 0.647. The first-order chi connectivity index (χ1) is 10.9. The number of rotatable bonds is 8. The SMILES string of the molecule is CCNC(=NCc1ccccn1)NCCCOC1CCCC1.I. The highest BCUT2D eigenvalue weighted by atomic mass is 127. The minimum Gasteiger partial charge on any atom is -0.378 e. The molecular formula is C17H29IN4O. The number of hydrogen-bond donors (Lipinski definition) is 2. The summed E-state index contributed by atoms with van der Waals surface area (Å²) in [5.74, 6) is 0.842. The van der Waals surface area contributed by atoms with Crippen LogP contribution in [0.1, 0.15) is 44.7 Å². The van der Waals surface area contributed by atoms with Crippen molar-refractivity contribution < 1.29 is 4.74 Å². The zero-order valence-electron chi connectivity index (χ0n) is 14.0. The molecule has 1 aliphatic carbocycles. The number of halogens is 1. The third-order valence-corrected chi connectivity index (χ3v) is 3.74. The lowest BCUT2D eigenvalue weighted by Crippen LogP contribution is -2.38. The van der Waals surface area contributed by atoms with Crippen LogP contribution in [0, 0.1) is 0 Å². The Hall–Kier alpha value is -0.890. The maximum Gasteiger partial charge on any atom is 0.191 e. The lowest BCUT2D eigenvalue weighted by Gasteiger charge is -2.13. The van der Waals surface area contributed by atoms with Crippen LogP contribution in [0.3, 0.4) is 0 Å². The van der Waals surface area contributed by atoms with E-state index in [0.29, 0.717) is 12.6 Å². The van der Waals surface area contributed by atoms with Crippen molar-refractivity contribution in [3.05, 3.63) is 30.1 Å². The number of nitrogens with one attached hydrogen (secondary N) is 2. The van der Waals surface area contributed by atoms with Gasteiger partial charge in [-0.2, -0.15) is 0 Å². The van der Waals surface area contributed by atoms with Gasteiger partial charge < -0.3 is 15.4 Å². The Morgan fingerprint density at radius 1 is 1.30 bits per heavy atom. The first kappa shape index (κ1) is 20.2. The van der Waals surface area contributed by atoms with Crippen molar-refractivity contribution in [1.29, 1.82) is 0 Å². The Morgan fingerprint density at radius 2 is 2.13 bits per heavy atom. The minimum absolute atomic E-state index is 0. The summed E-state index contributed by atoms with van der Waals surface area (Å²) >= 11 is 0. The van der Waals surface area contributed by atoms with Gasteiger partial charge in [0, 0.05) is 25.9 Å². The van der Waals surface area contributed by atoms with E-state index in [4.69, 9.17) is 4.74 Å². The number of guanidine groups is 1. The third-order valence-electron chi connectivity index (χ3n) is 3.74. The molecule has 1 aromatic rings. The number of ether oxygens (including phenoxy) is 1. The zero-order chi connectivity index (χ0) is 15.5. The zero-order valence-corrected chi connectivity index (χ0v) is 16.3.